The molecule has 1 aliphatic rings. The van der Waals surface area contributed by atoms with Crippen molar-refractivity contribution >= 4 is 11.6 Å². The van der Waals surface area contributed by atoms with Gasteiger partial charge in [0.05, 0.1) is 18.9 Å². The number of nitrogens with one attached hydrogen (secondary N) is 1. The summed E-state index contributed by atoms with van der Waals surface area (Å²) in [4.78, 5) is 0. The van der Waals surface area contributed by atoms with E-state index >= 15 is 0 Å². The highest BCUT2D eigenvalue weighted by Crippen LogP contribution is 2.29. The molecule has 0 bridgehead atoms. The molecule has 2 rings (SSSR count). The molecule has 1 aromatic rings. The highest BCUT2D eigenvalue weighted by atomic mass is 35.5. The standard InChI is InChI=1S/C13H21ClFN3O/c1-9-11(12(14)18(3)17-9)7-13(2,15)6-10-8-19-5-4-16-10/h10,16H,4-8H2,1-3H3. The lowest BCUT2D eigenvalue weighted by atomic mass is 9.91. The first kappa shape index (κ1) is 14.8. The maximum absolute atomic E-state index is 14.7. The molecule has 2 atom stereocenters. The lowest BCUT2D eigenvalue weighted by Crippen LogP contribution is -2.45. The van der Waals surface area contributed by atoms with Gasteiger partial charge in [0.2, 0.25) is 0 Å². The quantitative estimate of drug-likeness (QED) is 0.922. The third-order valence-electron chi connectivity index (χ3n) is 3.49. The first-order valence-corrected chi connectivity index (χ1v) is 6.95. The van der Waals surface area contributed by atoms with Gasteiger partial charge in [0.25, 0.3) is 0 Å². The molecule has 108 valence electrons. The van der Waals surface area contributed by atoms with Crippen molar-refractivity contribution in [3.8, 4) is 0 Å². The predicted molar refractivity (Wildman–Crippen MR) is 73.4 cm³/mol. The van der Waals surface area contributed by atoms with Crippen LogP contribution in [0.2, 0.25) is 5.15 Å². The number of alkyl halides is 1. The van der Waals surface area contributed by atoms with Crippen LogP contribution in [0.4, 0.5) is 4.39 Å². The molecule has 6 heteroatoms. The van der Waals surface area contributed by atoms with Gasteiger partial charge in [0.15, 0.2) is 0 Å². The molecule has 1 fully saturated rings. The molecule has 1 aromatic heterocycles. The molecule has 19 heavy (non-hydrogen) atoms. The summed E-state index contributed by atoms with van der Waals surface area (Å²) in [6, 6.07) is 0.0690. The Morgan fingerprint density at radius 2 is 2.37 bits per heavy atom. The third kappa shape index (κ3) is 3.68. The van der Waals surface area contributed by atoms with E-state index in [1.807, 2.05) is 6.92 Å². The van der Waals surface area contributed by atoms with Crippen LogP contribution in [0.3, 0.4) is 0 Å². The molecular weight excluding hydrogens is 269 g/mol. The van der Waals surface area contributed by atoms with E-state index in [1.165, 1.54) is 0 Å². The first-order valence-electron chi connectivity index (χ1n) is 6.57. The van der Waals surface area contributed by atoms with Gasteiger partial charge in [0, 0.05) is 31.6 Å². The molecule has 1 saturated heterocycles. The summed E-state index contributed by atoms with van der Waals surface area (Å²) >= 11 is 6.16. The molecule has 1 aliphatic heterocycles. The van der Waals surface area contributed by atoms with Crippen LogP contribution >= 0.6 is 11.6 Å². The van der Waals surface area contributed by atoms with Crippen molar-refractivity contribution in [2.24, 2.45) is 7.05 Å². The van der Waals surface area contributed by atoms with Crippen molar-refractivity contribution in [3.63, 3.8) is 0 Å². The Morgan fingerprint density at radius 3 is 2.89 bits per heavy atom. The summed E-state index contributed by atoms with van der Waals surface area (Å²) in [5.41, 5.74) is 0.269. The maximum atomic E-state index is 14.7. The van der Waals surface area contributed by atoms with Crippen molar-refractivity contribution < 1.29 is 9.13 Å². The van der Waals surface area contributed by atoms with Gasteiger partial charge in [-0.25, -0.2) is 4.39 Å². The molecule has 1 N–H and O–H groups in total. The largest absolute Gasteiger partial charge is 0.379 e. The third-order valence-corrected chi connectivity index (χ3v) is 3.96. The molecular formula is C13H21ClFN3O. The van der Waals surface area contributed by atoms with E-state index in [9.17, 15) is 4.39 Å². The van der Waals surface area contributed by atoms with Gasteiger partial charge in [-0.3, -0.25) is 4.68 Å². The molecule has 0 saturated carbocycles. The summed E-state index contributed by atoms with van der Waals surface area (Å²) in [6.07, 6.45) is 0.696. The molecule has 0 amide bonds. The summed E-state index contributed by atoms with van der Waals surface area (Å²) in [5.74, 6) is 0. The smallest absolute Gasteiger partial charge is 0.130 e. The summed E-state index contributed by atoms with van der Waals surface area (Å²) in [6.45, 7) is 5.53. The van der Waals surface area contributed by atoms with Crippen LogP contribution in [0.25, 0.3) is 0 Å². The van der Waals surface area contributed by atoms with Crippen molar-refractivity contribution in [2.75, 3.05) is 19.8 Å². The molecule has 0 aromatic carbocycles. The Bertz CT molecular complexity index is 441. The first-order chi connectivity index (χ1) is 8.89. The Kier molecular flexibility index (Phi) is 4.48. The second-order valence-corrected chi connectivity index (χ2v) is 5.86. The van der Waals surface area contributed by atoms with Crippen LogP contribution in [0.15, 0.2) is 0 Å². The van der Waals surface area contributed by atoms with Gasteiger partial charge < -0.3 is 10.1 Å². The predicted octanol–water partition coefficient (Wildman–Crippen LogP) is 2.03. The summed E-state index contributed by atoms with van der Waals surface area (Å²) < 4.78 is 21.7. The number of hydrogen-bond donors (Lipinski definition) is 1. The Morgan fingerprint density at radius 1 is 1.63 bits per heavy atom. The molecule has 0 spiro atoms. The van der Waals surface area contributed by atoms with Crippen LogP contribution in [-0.2, 0) is 18.2 Å². The van der Waals surface area contributed by atoms with Gasteiger partial charge in [-0.15, -0.1) is 0 Å². The number of rotatable bonds is 4. The molecule has 4 nitrogen and oxygen atoms in total. The van der Waals surface area contributed by atoms with Gasteiger partial charge in [-0.1, -0.05) is 11.6 Å². The van der Waals surface area contributed by atoms with E-state index in [1.54, 1.807) is 18.7 Å². The second-order valence-electron chi connectivity index (χ2n) is 5.50. The van der Waals surface area contributed by atoms with Crippen LogP contribution in [0, 0.1) is 6.92 Å². The number of nitrogens with zero attached hydrogens (tertiary/aromatic N) is 2. The fourth-order valence-electron chi connectivity index (χ4n) is 2.58. The van der Waals surface area contributed by atoms with E-state index < -0.39 is 5.67 Å². The zero-order chi connectivity index (χ0) is 14.0. The lowest BCUT2D eigenvalue weighted by molar-refractivity contribution is 0.0483. The average Bonchev–Trinajstić information content (AvgIpc) is 2.56. The van der Waals surface area contributed by atoms with Crippen molar-refractivity contribution in [3.05, 3.63) is 16.4 Å². The molecule has 2 unspecified atom stereocenters. The molecule has 0 aliphatic carbocycles. The Balaban J connectivity index is 2.03. The van der Waals surface area contributed by atoms with Crippen LogP contribution < -0.4 is 5.32 Å². The minimum absolute atomic E-state index is 0.0690. The van der Waals surface area contributed by atoms with E-state index in [4.69, 9.17) is 16.3 Å². The van der Waals surface area contributed by atoms with Crippen molar-refractivity contribution in [1.82, 2.24) is 15.1 Å². The highest BCUT2D eigenvalue weighted by molar-refractivity contribution is 6.30. The number of morpholine rings is 1. The van der Waals surface area contributed by atoms with Crippen LogP contribution in [0.1, 0.15) is 24.6 Å². The topological polar surface area (TPSA) is 39.1 Å². The number of halogens is 2. The number of ether oxygens (including phenoxy) is 1. The molecule has 2 heterocycles. The Labute approximate surface area is 118 Å². The van der Waals surface area contributed by atoms with Crippen molar-refractivity contribution in [1.29, 1.82) is 0 Å². The average molecular weight is 290 g/mol. The van der Waals surface area contributed by atoms with E-state index in [-0.39, 0.29) is 12.5 Å². The Hall–Kier alpha value is -0.650. The highest BCUT2D eigenvalue weighted by Gasteiger charge is 2.31. The normalized spacial score (nSPS) is 23.3. The van der Waals surface area contributed by atoms with Crippen LogP contribution in [0.5, 0.6) is 0 Å². The van der Waals surface area contributed by atoms with E-state index in [2.05, 4.69) is 10.4 Å². The minimum Gasteiger partial charge on any atom is -0.379 e. The van der Waals surface area contributed by atoms with Gasteiger partial charge in [-0.05, 0) is 20.3 Å². The minimum atomic E-state index is -1.32. The SMILES string of the molecule is Cc1nn(C)c(Cl)c1CC(C)(F)CC1COCCN1. The monoisotopic (exact) mass is 289 g/mol. The summed E-state index contributed by atoms with van der Waals surface area (Å²) in [5, 5.41) is 8.02. The van der Waals surface area contributed by atoms with Gasteiger partial charge in [-0.2, -0.15) is 5.10 Å². The van der Waals surface area contributed by atoms with Gasteiger partial charge >= 0.3 is 0 Å². The molecule has 0 radical (unpaired) electrons. The number of hydrogen-bond acceptors (Lipinski definition) is 3. The fraction of sp³-hybridized carbons (Fsp3) is 0.769. The van der Waals surface area contributed by atoms with Crippen LogP contribution in [-0.4, -0.2) is 41.2 Å². The fourth-order valence-corrected chi connectivity index (χ4v) is 2.82. The summed E-state index contributed by atoms with van der Waals surface area (Å²) in [7, 11) is 1.77. The number of aromatic nitrogens is 2. The van der Waals surface area contributed by atoms with Gasteiger partial charge in [0.1, 0.15) is 10.8 Å². The zero-order valence-corrected chi connectivity index (χ0v) is 12.4. The number of aryl methyl sites for hydroxylation is 2. The second kappa shape index (κ2) is 5.77. The van der Waals surface area contributed by atoms with E-state index in [0.717, 1.165) is 17.8 Å². The lowest BCUT2D eigenvalue weighted by Gasteiger charge is -2.30. The van der Waals surface area contributed by atoms with E-state index in [0.29, 0.717) is 24.8 Å². The maximum Gasteiger partial charge on any atom is 0.130 e. The zero-order valence-electron chi connectivity index (χ0n) is 11.7. The van der Waals surface area contributed by atoms with Crippen molar-refractivity contribution in [2.45, 2.75) is 38.4 Å².